The Bertz CT molecular complexity index is 175. The molecule has 1 fully saturated rings. The second kappa shape index (κ2) is 8.90. The van der Waals surface area contributed by atoms with E-state index >= 15 is 0 Å². The van der Waals surface area contributed by atoms with Crippen LogP contribution in [0.25, 0.3) is 0 Å². The Morgan fingerprint density at radius 1 is 1.12 bits per heavy atom. The number of hydrogen-bond acceptors (Lipinski definition) is 3. The number of unbranched alkanes of at least 4 members (excludes halogenated alkanes) is 1. The van der Waals surface area contributed by atoms with Gasteiger partial charge in [-0.2, -0.15) is 0 Å². The predicted molar refractivity (Wildman–Crippen MR) is 73.5 cm³/mol. The molecule has 2 unspecified atom stereocenters. The number of nitrogens with zero attached hydrogens (tertiary/aromatic N) is 1. The lowest BCUT2D eigenvalue weighted by Crippen LogP contribution is -2.43. The van der Waals surface area contributed by atoms with Crippen LogP contribution in [-0.4, -0.2) is 49.8 Å². The Kier molecular flexibility index (Phi) is 7.82. The molecule has 1 aliphatic heterocycles. The Hall–Kier alpha value is -0.120. The van der Waals surface area contributed by atoms with E-state index in [-0.39, 0.29) is 0 Å². The molecule has 0 aromatic rings. The molecule has 102 valence electrons. The van der Waals surface area contributed by atoms with Crippen molar-refractivity contribution in [2.24, 2.45) is 0 Å². The number of hydrogen-bond donors (Lipinski definition) is 1. The quantitative estimate of drug-likeness (QED) is 0.723. The van der Waals surface area contributed by atoms with E-state index in [9.17, 15) is 0 Å². The van der Waals surface area contributed by atoms with Gasteiger partial charge in [0.1, 0.15) is 0 Å². The molecule has 0 aromatic carbocycles. The third-order valence-corrected chi connectivity index (χ3v) is 3.52. The summed E-state index contributed by atoms with van der Waals surface area (Å²) in [5, 5.41) is 3.63. The second-order valence-corrected chi connectivity index (χ2v) is 5.35. The molecular formula is C14H30N2O. The summed E-state index contributed by atoms with van der Waals surface area (Å²) in [6.45, 7) is 12.1. The zero-order valence-corrected chi connectivity index (χ0v) is 11.9. The molecule has 0 amide bonds. The van der Waals surface area contributed by atoms with Crippen molar-refractivity contribution in [3.8, 4) is 0 Å². The van der Waals surface area contributed by atoms with E-state index in [1.807, 2.05) is 0 Å². The van der Waals surface area contributed by atoms with E-state index in [1.54, 1.807) is 0 Å². The van der Waals surface area contributed by atoms with Crippen LogP contribution in [0.15, 0.2) is 0 Å². The maximum absolute atomic E-state index is 5.65. The van der Waals surface area contributed by atoms with E-state index in [0.29, 0.717) is 12.1 Å². The third kappa shape index (κ3) is 7.02. The summed E-state index contributed by atoms with van der Waals surface area (Å²) in [7, 11) is 0. The molecule has 17 heavy (non-hydrogen) atoms. The SMILES string of the molecule is CCCCOCCN1CCC(C)NC(C)CC1. The lowest BCUT2D eigenvalue weighted by atomic mass is 10.1. The first-order valence-electron chi connectivity index (χ1n) is 7.28. The van der Waals surface area contributed by atoms with E-state index < -0.39 is 0 Å². The van der Waals surface area contributed by atoms with Gasteiger partial charge in [-0.05, 0) is 46.2 Å². The Morgan fingerprint density at radius 2 is 1.76 bits per heavy atom. The van der Waals surface area contributed by atoms with E-state index in [4.69, 9.17) is 4.74 Å². The Labute approximate surface area is 107 Å². The molecule has 0 aromatic heterocycles. The first-order valence-corrected chi connectivity index (χ1v) is 7.28. The zero-order valence-electron chi connectivity index (χ0n) is 11.9. The van der Waals surface area contributed by atoms with Gasteiger partial charge in [0, 0.05) is 25.2 Å². The van der Waals surface area contributed by atoms with Gasteiger partial charge < -0.3 is 15.0 Å². The third-order valence-electron chi connectivity index (χ3n) is 3.52. The maximum Gasteiger partial charge on any atom is 0.0593 e. The molecule has 0 spiro atoms. The smallest absolute Gasteiger partial charge is 0.0593 e. The van der Waals surface area contributed by atoms with Crippen molar-refractivity contribution in [3.63, 3.8) is 0 Å². The van der Waals surface area contributed by atoms with Gasteiger partial charge in [-0.15, -0.1) is 0 Å². The fraction of sp³-hybridized carbons (Fsp3) is 1.00. The molecule has 3 nitrogen and oxygen atoms in total. The molecule has 0 saturated carbocycles. The summed E-state index contributed by atoms with van der Waals surface area (Å²) in [6.07, 6.45) is 4.92. The zero-order chi connectivity index (χ0) is 12.5. The van der Waals surface area contributed by atoms with Crippen molar-refractivity contribution in [1.29, 1.82) is 0 Å². The van der Waals surface area contributed by atoms with Gasteiger partial charge in [0.2, 0.25) is 0 Å². The summed E-state index contributed by atoms with van der Waals surface area (Å²) in [6, 6.07) is 1.29. The summed E-state index contributed by atoms with van der Waals surface area (Å²) in [4.78, 5) is 2.56. The maximum atomic E-state index is 5.65. The highest BCUT2D eigenvalue weighted by molar-refractivity contribution is 4.74. The van der Waals surface area contributed by atoms with Crippen LogP contribution in [-0.2, 0) is 4.74 Å². The molecule has 2 atom stereocenters. The van der Waals surface area contributed by atoms with Crippen LogP contribution in [0.2, 0.25) is 0 Å². The highest BCUT2D eigenvalue weighted by Crippen LogP contribution is 2.06. The summed E-state index contributed by atoms with van der Waals surface area (Å²) < 4.78 is 5.65. The molecule has 1 aliphatic rings. The number of rotatable bonds is 6. The number of nitrogens with one attached hydrogen (secondary N) is 1. The number of ether oxygens (including phenoxy) is 1. The van der Waals surface area contributed by atoms with Gasteiger partial charge in [0.15, 0.2) is 0 Å². The first-order chi connectivity index (χ1) is 8.22. The lowest BCUT2D eigenvalue weighted by molar-refractivity contribution is 0.0955. The minimum atomic E-state index is 0.647. The topological polar surface area (TPSA) is 24.5 Å². The van der Waals surface area contributed by atoms with Crippen LogP contribution in [0.1, 0.15) is 46.5 Å². The minimum absolute atomic E-state index is 0.647. The lowest BCUT2D eigenvalue weighted by Gasteiger charge is -2.30. The average Bonchev–Trinajstić information content (AvgIpc) is 2.29. The molecule has 0 bridgehead atoms. The monoisotopic (exact) mass is 242 g/mol. The predicted octanol–water partition coefficient (Wildman–Crippen LogP) is 2.27. The van der Waals surface area contributed by atoms with Gasteiger partial charge in [-0.3, -0.25) is 0 Å². The molecule has 1 heterocycles. The molecule has 1 saturated heterocycles. The van der Waals surface area contributed by atoms with Crippen molar-refractivity contribution >= 4 is 0 Å². The molecular weight excluding hydrogens is 212 g/mol. The second-order valence-electron chi connectivity index (χ2n) is 5.35. The highest BCUT2D eigenvalue weighted by atomic mass is 16.5. The average molecular weight is 242 g/mol. The van der Waals surface area contributed by atoms with Gasteiger partial charge >= 0.3 is 0 Å². The van der Waals surface area contributed by atoms with Crippen molar-refractivity contribution in [1.82, 2.24) is 10.2 Å². The van der Waals surface area contributed by atoms with Crippen LogP contribution in [0.5, 0.6) is 0 Å². The minimum Gasteiger partial charge on any atom is -0.380 e. The summed E-state index contributed by atoms with van der Waals surface area (Å²) in [5.74, 6) is 0. The molecule has 3 heteroatoms. The van der Waals surface area contributed by atoms with Crippen LogP contribution in [0.3, 0.4) is 0 Å². The normalized spacial score (nSPS) is 27.7. The van der Waals surface area contributed by atoms with E-state index in [2.05, 4.69) is 31.0 Å². The fourth-order valence-corrected chi connectivity index (χ4v) is 2.28. The van der Waals surface area contributed by atoms with Gasteiger partial charge in [-0.1, -0.05) is 13.3 Å². The fourth-order valence-electron chi connectivity index (χ4n) is 2.28. The van der Waals surface area contributed by atoms with Crippen LogP contribution >= 0.6 is 0 Å². The van der Waals surface area contributed by atoms with Crippen molar-refractivity contribution in [2.75, 3.05) is 32.8 Å². The highest BCUT2D eigenvalue weighted by Gasteiger charge is 2.15. The summed E-state index contributed by atoms with van der Waals surface area (Å²) in [5.41, 5.74) is 0. The molecule has 1 N–H and O–H groups in total. The van der Waals surface area contributed by atoms with Gasteiger partial charge in [0.25, 0.3) is 0 Å². The van der Waals surface area contributed by atoms with Crippen molar-refractivity contribution in [2.45, 2.75) is 58.5 Å². The Balaban J connectivity index is 2.13. The van der Waals surface area contributed by atoms with E-state index in [1.165, 1.54) is 38.8 Å². The summed E-state index contributed by atoms with van der Waals surface area (Å²) >= 11 is 0. The van der Waals surface area contributed by atoms with Crippen LogP contribution < -0.4 is 5.32 Å². The standard InChI is InChI=1S/C14H30N2O/c1-4-5-11-17-12-10-16-8-6-13(2)15-14(3)7-9-16/h13-15H,4-12H2,1-3H3. The van der Waals surface area contributed by atoms with Crippen LogP contribution in [0, 0.1) is 0 Å². The van der Waals surface area contributed by atoms with Gasteiger partial charge in [-0.25, -0.2) is 0 Å². The molecule has 1 rings (SSSR count). The largest absolute Gasteiger partial charge is 0.380 e. The van der Waals surface area contributed by atoms with E-state index in [0.717, 1.165) is 19.8 Å². The molecule has 0 aliphatic carbocycles. The van der Waals surface area contributed by atoms with Crippen molar-refractivity contribution < 1.29 is 4.74 Å². The van der Waals surface area contributed by atoms with Gasteiger partial charge in [0.05, 0.1) is 6.61 Å². The van der Waals surface area contributed by atoms with Crippen LogP contribution in [0.4, 0.5) is 0 Å². The van der Waals surface area contributed by atoms with Crippen molar-refractivity contribution in [3.05, 3.63) is 0 Å². The first kappa shape index (κ1) is 14.9. The Morgan fingerprint density at radius 3 is 2.35 bits per heavy atom. The molecule has 0 radical (unpaired) electrons.